The van der Waals surface area contributed by atoms with Gasteiger partial charge in [0.25, 0.3) is 5.91 Å². The molecule has 4 nitrogen and oxygen atoms in total. The predicted octanol–water partition coefficient (Wildman–Crippen LogP) is 3.98. The van der Waals surface area contributed by atoms with E-state index in [1.165, 1.54) is 0 Å². The molecule has 0 saturated carbocycles. The van der Waals surface area contributed by atoms with E-state index in [4.69, 9.17) is 9.47 Å². The Hall–Kier alpha value is -2.49. The van der Waals surface area contributed by atoms with Crippen molar-refractivity contribution in [1.82, 2.24) is 5.32 Å². The summed E-state index contributed by atoms with van der Waals surface area (Å²) in [6.45, 7) is 4.25. The van der Waals surface area contributed by atoms with Crippen LogP contribution in [0.4, 0.5) is 0 Å². The smallest absolute Gasteiger partial charge is 0.258 e. The van der Waals surface area contributed by atoms with E-state index in [0.29, 0.717) is 17.4 Å². The Balaban J connectivity index is 1.97. The molecule has 0 bridgehead atoms. The minimum atomic E-state index is -0.143. The molecule has 0 aromatic heterocycles. The molecule has 0 fully saturated rings. The summed E-state index contributed by atoms with van der Waals surface area (Å²) in [7, 11) is 1.58. The molecule has 1 amide bonds. The Morgan fingerprint density at radius 2 is 1.62 bits per heavy atom. The molecule has 128 valence electrons. The highest BCUT2D eigenvalue weighted by atomic mass is 16.5. The van der Waals surface area contributed by atoms with Gasteiger partial charge in [-0.15, -0.1) is 0 Å². The largest absolute Gasteiger partial charge is 0.493 e. The number of carbonyl (C=O) groups is 1. The van der Waals surface area contributed by atoms with Gasteiger partial charge in [0.1, 0.15) is 0 Å². The maximum atomic E-state index is 12.3. The van der Waals surface area contributed by atoms with E-state index in [-0.39, 0.29) is 18.6 Å². The second kappa shape index (κ2) is 8.96. The lowest BCUT2D eigenvalue weighted by Gasteiger charge is -2.21. The first-order valence-electron chi connectivity index (χ1n) is 8.20. The molecule has 0 aliphatic rings. The summed E-state index contributed by atoms with van der Waals surface area (Å²) in [5, 5.41) is 3.07. The van der Waals surface area contributed by atoms with E-state index in [2.05, 4.69) is 19.2 Å². The lowest BCUT2D eigenvalue weighted by atomic mass is 9.97. The second-order valence-electron chi connectivity index (χ2n) is 6.10. The average Bonchev–Trinajstić information content (AvgIpc) is 2.60. The molecule has 2 aromatic rings. The van der Waals surface area contributed by atoms with Crippen LogP contribution in [0, 0.1) is 5.92 Å². The van der Waals surface area contributed by atoms with Crippen LogP contribution in [-0.2, 0) is 4.79 Å². The first kappa shape index (κ1) is 17.9. The Morgan fingerprint density at radius 3 is 2.25 bits per heavy atom. The fourth-order valence-corrected chi connectivity index (χ4v) is 2.55. The van der Waals surface area contributed by atoms with Gasteiger partial charge in [-0.1, -0.05) is 56.3 Å². The summed E-state index contributed by atoms with van der Waals surface area (Å²) in [5.41, 5.74) is 1.11. The van der Waals surface area contributed by atoms with Gasteiger partial charge in [0, 0.05) is 0 Å². The predicted molar refractivity (Wildman–Crippen MR) is 95.3 cm³/mol. The number of hydrogen-bond acceptors (Lipinski definition) is 3. The number of rotatable bonds is 8. The van der Waals surface area contributed by atoms with Crippen molar-refractivity contribution < 1.29 is 14.3 Å². The third-order valence-corrected chi connectivity index (χ3v) is 3.67. The minimum absolute atomic E-state index is 0.0139. The summed E-state index contributed by atoms with van der Waals surface area (Å²) in [5.74, 6) is 1.52. The highest BCUT2D eigenvalue weighted by Crippen LogP contribution is 2.26. The number of para-hydroxylation sites is 2. The van der Waals surface area contributed by atoms with Gasteiger partial charge in [0.05, 0.1) is 13.2 Å². The molecule has 2 rings (SSSR count). The van der Waals surface area contributed by atoms with Gasteiger partial charge in [-0.3, -0.25) is 4.79 Å². The van der Waals surface area contributed by atoms with Crippen LogP contribution in [0.3, 0.4) is 0 Å². The fourth-order valence-electron chi connectivity index (χ4n) is 2.55. The zero-order valence-electron chi connectivity index (χ0n) is 14.5. The highest BCUT2D eigenvalue weighted by Gasteiger charge is 2.16. The Bertz CT molecular complexity index is 640. The van der Waals surface area contributed by atoms with Crippen LogP contribution in [0.5, 0.6) is 11.5 Å². The molecule has 24 heavy (non-hydrogen) atoms. The number of nitrogens with one attached hydrogen (secondary N) is 1. The van der Waals surface area contributed by atoms with Crippen LogP contribution >= 0.6 is 0 Å². The van der Waals surface area contributed by atoms with Crippen LogP contribution in [0.2, 0.25) is 0 Å². The molecular weight excluding hydrogens is 302 g/mol. The number of methoxy groups -OCH3 is 1. The Morgan fingerprint density at radius 1 is 1.00 bits per heavy atom. The maximum Gasteiger partial charge on any atom is 0.258 e. The quantitative estimate of drug-likeness (QED) is 0.798. The lowest BCUT2D eigenvalue weighted by Crippen LogP contribution is -2.33. The standard InChI is InChI=1S/C20H25NO3/c1-15(2)13-17(16-9-5-4-6-10-16)21-20(22)14-24-19-12-8-7-11-18(19)23-3/h4-12,15,17H,13-14H2,1-3H3,(H,21,22)/t17-/m1/s1. The van der Waals surface area contributed by atoms with Crippen molar-refractivity contribution >= 4 is 5.91 Å². The van der Waals surface area contributed by atoms with Crippen LogP contribution in [-0.4, -0.2) is 19.6 Å². The van der Waals surface area contributed by atoms with Gasteiger partial charge < -0.3 is 14.8 Å². The fraction of sp³-hybridized carbons (Fsp3) is 0.350. The van der Waals surface area contributed by atoms with Gasteiger partial charge in [-0.25, -0.2) is 0 Å². The zero-order valence-corrected chi connectivity index (χ0v) is 14.5. The third-order valence-electron chi connectivity index (χ3n) is 3.67. The number of ether oxygens (including phenoxy) is 2. The molecule has 0 spiro atoms. The molecule has 1 atom stereocenters. The maximum absolute atomic E-state index is 12.3. The molecular formula is C20H25NO3. The van der Waals surface area contributed by atoms with E-state index < -0.39 is 0 Å². The lowest BCUT2D eigenvalue weighted by molar-refractivity contribution is -0.124. The molecule has 0 radical (unpaired) electrons. The second-order valence-corrected chi connectivity index (χ2v) is 6.10. The molecule has 0 aliphatic carbocycles. The summed E-state index contributed by atoms with van der Waals surface area (Å²) >= 11 is 0. The van der Waals surface area contributed by atoms with Crippen LogP contribution in [0.15, 0.2) is 54.6 Å². The molecule has 0 saturated heterocycles. The first-order chi connectivity index (χ1) is 11.6. The zero-order chi connectivity index (χ0) is 17.4. The van der Waals surface area contributed by atoms with Crippen molar-refractivity contribution in [2.75, 3.05) is 13.7 Å². The Kier molecular flexibility index (Phi) is 6.67. The minimum Gasteiger partial charge on any atom is -0.493 e. The number of benzene rings is 2. The summed E-state index contributed by atoms with van der Waals surface area (Å²) in [6, 6.07) is 17.3. The van der Waals surface area contributed by atoms with E-state index >= 15 is 0 Å². The van der Waals surface area contributed by atoms with E-state index in [0.717, 1.165) is 12.0 Å². The topological polar surface area (TPSA) is 47.6 Å². The summed E-state index contributed by atoms with van der Waals surface area (Å²) < 4.78 is 10.8. The molecule has 0 unspecified atom stereocenters. The number of amides is 1. The van der Waals surface area contributed by atoms with Gasteiger partial charge in [0.2, 0.25) is 0 Å². The van der Waals surface area contributed by atoms with Gasteiger partial charge >= 0.3 is 0 Å². The molecule has 2 aromatic carbocycles. The monoisotopic (exact) mass is 327 g/mol. The van der Waals surface area contributed by atoms with Crippen molar-refractivity contribution in [2.45, 2.75) is 26.3 Å². The molecule has 0 aliphatic heterocycles. The van der Waals surface area contributed by atoms with Crippen LogP contribution in [0.25, 0.3) is 0 Å². The number of carbonyl (C=O) groups excluding carboxylic acids is 1. The van der Waals surface area contributed by atoms with Crippen LogP contribution in [0.1, 0.15) is 31.9 Å². The van der Waals surface area contributed by atoms with E-state index in [1.807, 2.05) is 42.5 Å². The van der Waals surface area contributed by atoms with E-state index in [1.54, 1.807) is 19.2 Å². The van der Waals surface area contributed by atoms with Crippen molar-refractivity contribution in [3.8, 4) is 11.5 Å². The summed E-state index contributed by atoms with van der Waals surface area (Å²) in [4.78, 5) is 12.3. The SMILES string of the molecule is COc1ccccc1OCC(=O)N[C@H](CC(C)C)c1ccccc1. The van der Waals surface area contributed by atoms with Gasteiger partial charge in [-0.2, -0.15) is 0 Å². The normalized spacial score (nSPS) is 11.8. The summed E-state index contributed by atoms with van der Waals surface area (Å²) in [6.07, 6.45) is 0.879. The van der Waals surface area contributed by atoms with Gasteiger partial charge in [-0.05, 0) is 30.0 Å². The first-order valence-corrected chi connectivity index (χ1v) is 8.20. The molecule has 0 heterocycles. The molecule has 4 heteroatoms. The van der Waals surface area contributed by atoms with Crippen molar-refractivity contribution in [3.05, 3.63) is 60.2 Å². The van der Waals surface area contributed by atoms with Crippen molar-refractivity contribution in [3.63, 3.8) is 0 Å². The van der Waals surface area contributed by atoms with Gasteiger partial charge in [0.15, 0.2) is 18.1 Å². The van der Waals surface area contributed by atoms with E-state index in [9.17, 15) is 4.79 Å². The number of hydrogen-bond donors (Lipinski definition) is 1. The van der Waals surface area contributed by atoms with Crippen molar-refractivity contribution in [2.24, 2.45) is 5.92 Å². The Labute approximate surface area is 143 Å². The average molecular weight is 327 g/mol. The molecule has 1 N–H and O–H groups in total. The van der Waals surface area contributed by atoms with Crippen molar-refractivity contribution in [1.29, 1.82) is 0 Å². The third kappa shape index (κ3) is 5.30. The highest BCUT2D eigenvalue weighted by molar-refractivity contribution is 5.78. The van der Waals surface area contributed by atoms with Crippen LogP contribution < -0.4 is 14.8 Å².